The van der Waals surface area contributed by atoms with Gasteiger partial charge in [-0.2, -0.15) is 0 Å². The fraction of sp³-hybridized carbons (Fsp3) is 0.353. The maximum absolute atomic E-state index is 14.1. The summed E-state index contributed by atoms with van der Waals surface area (Å²) in [4.78, 5) is 50.5. The molecule has 44 heavy (non-hydrogen) atoms. The summed E-state index contributed by atoms with van der Waals surface area (Å²) in [7, 11) is 0. The molecule has 6 rings (SSSR count). The smallest absolute Gasteiger partial charge is 0.274 e. The molecule has 10 nitrogen and oxygen atoms in total. The highest BCUT2D eigenvalue weighted by Gasteiger charge is 2.38. The van der Waals surface area contributed by atoms with Crippen LogP contribution in [0.3, 0.4) is 0 Å². The summed E-state index contributed by atoms with van der Waals surface area (Å²) in [5, 5.41) is 0. The van der Waals surface area contributed by atoms with Gasteiger partial charge in [0.25, 0.3) is 11.8 Å². The number of para-hydroxylation sites is 1. The van der Waals surface area contributed by atoms with Gasteiger partial charge in [0, 0.05) is 69.5 Å². The van der Waals surface area contributed by atoms with Gasteiger partial charge < -0.3 is 19.4 Å². The van der Waals surface area contributed by atoms with Crippen LogP contribution in [0, 0.1) is 5.41 Å². The van der Waals surface area contributed by atoms with E-state index in [1.54, 1.807) is 24.8 Å². The number of aromatic nitrogens is 4. The molecule has 0 aliphatic carbocycles. The average Bonchev–Trinajstić information content (AvgIpc) is 3.10. The molecule has 4 aromatic rings. The Morgan fingerprint density at radius 2 is 1.57 bits per heavy atom. The van der Waals surface area contributed by atoms with E-state index in [1.165, 1.54) is 6.20 Å². The van der Waals surface area contributed by atoms with Crippen LogP contribution in [0.25, 0.3) is 0 Å². The van der Waals surface area contributed by atoms with Crippen molar-refractivity contribution in [1.29, 1.82) is 0 Å². The zero-order valence-electron chi connectivity index (χ0n) is 24.8. The van der Waals surface area contributed by atoms with Gasteiger partial charge in [-0.25, -0.2) is 15.0 Å². The topological polar surface area (TPSA) is 105 Å². The maximum atomic E-state index is 14.1. The van der Waals surface area contributed by atoms with Gasteiger partial charge in [-0.3, -0.25) is 14.6 Å². The number of piperidine rings is 1. The van der Waals surface area contributed by atoms with E-state index in [-0.39, 0.29) is 17.2 Å². The lowest BCUT2D eigenvalue weighted by atomic mass is 9.75. The Kier molecular flexibility index (Phi) is 9.05. The van der Waals surface area contributed by atoms with Crippen molar-refractivity contribution < 1.29 is 14.3 Å². The van der Waals surface area contributed by atoms with E-state index in [0.717, 1.165) is 37.8 Å². The van der Waals surface area contributed by atoms with Crippen LogP contribution in [-0.4, -0.2) is 80.9 Å². The van der Waals surface area contributed by atoms with Gasteiger partial charge in [0.15, 0.2) is 0 Å². The molecule has 2 amide bonds. The minimum absolute atomic E-state index is 0.0731. The lowest BCUT2D eigenvalue weighted by molar-refractivity contribution is 0.0360. The number of amides is 2. The molecule has 2 aromatic carbocycles. The number of hydrogen-bond acceptors (Lipinski definition) is 8. The molecular weight excluding hydrogens is 554 g/mol. The zero-order valence-corrected chi connectivity index (χ0v) is 24.8. The molecule has 2 aliphatic heterocycles. The third kappa shape index (κ3) is 6.85. The van der Waals surface area contributed by atoms with Crippen LogP contribution in [0.15, 0.2) is 91.6 Å². The SMILES string of the molecule is O=C(c1cnccn1)N1CCC2(CCCN(c3ncccn3)CCN(Cc3ccccc3)C(=O)c3ccccc3OC2)CC1. The highest BCUT2D eigenvalue weighted by Crippen LogP contribution is 2.38. The molecule has 1 spiro atoms. The zero-order chi connectivity index (χ0) is 30.2. The van der Waals surface area contributed by atoms with Crippen LogP contribution in [-0.2, 0) is 6.54 Å². The number of hydrogen-bond donors (Lipinski definition) is 0. The Labute approximate surface area is 257 Å². The molecule has 10 heteroatoms. The molecule has 0 unspecified atom stereocenters. The average molecular weight is 592 g/mol. The van der Waals surface area contributed by atoms with Crippen LogP contribution in [0.1, 0.15) is 52.1 Å². The second kappa shape index (κ2) is 13.6. The molecule has 0 N–H and O–H groups in total. The molecule has 2 aromatic heterocycles. The van der Waals surface area contributed by atoms with Crippen molar-refractivity contribution in [2.45, 2.75) is 32.2 Å². The number of carbonyl (C=O) groups excluding carboxylic acids is 2. The van der Waals surface area contributed by atoms with E-state index in [0.29, 0.717) is 62.3 Å². The van der Waals surface area contributed by atoms with Crippen molar-refractivity contribution in [3.63, 3.8) is 0 Å². The first-order valence-corrected chi connectivity index (χ1v) is 15.2. The molecule has 1 fully saturated rings. The van der Waals surface area contributed by atoms with Gasteiger partial charge in [-0.1, -0.05) is 42.5 Å². The van der Waals surface area contributed by atoms with E-state index >= 15 is 0 Å². The number of nitrogens with zero attached hydrogens (tertiary/aromatic N) is 7. The van der Waals surface area contributed by atoms with E-state index in [1.807, 2.05) is 70.5 Å². The van der Waals surface area contributed by atoms with Crippen LogP contribution in [0.2, 0.25) is 0 Å². The number of carbonyl (C=O) groups is 2. The molecule has 0 bridgehead atoms. The van der Waals surface area contributed by atoms with Gasteiger partial charge in [0.05, 0.1) is 18.4 Å². The number of fused-ring (bicyclic) bond motifs is 1. The van der Waals surface area contributed by atoms with E-state index in [4.69, 9.17) is 4.74 Å². The first kappa shape index (κ1) is 29.2. The fourth-order valence-electron chi connectivity index (χ4n) is 6.10. The largest absolute Gasteiger partial charge is 0.492 e. The van der Waals surface area contributed by atoms with Gasteiger partial charge in [-0.05, 0) is 49.4 Å². The Morgan fingerprint density at radius 1 is 0.795 bits per heavy atom. The van der Waals surface area contributed by atoms with Crippen molar-refractivity contribution in [2.75, 3.05) is 44.2 Å². The van der Waals surface area contributed by atoms with Gasteiger partial charge in [0.1, 0.15) is 11.4 Å². The number of benzene rings is 2. The molecular formula is C34H37N7O3. The predicted molar refractivity (Wildman–Crippen MR) is 166 cm³/mol. The summed E-state index contributed by atoms with van der Waals surface area (Å²) in [6.45, 7) is 4.01. The highest BCUT2D eigenvalue weighted by atomic mass is 16.5. The molecule has 0 radical (unpaired) electrons. The standard InChI is InChI=1S/C34H37N7O3/c42-31-28-10-4-5-11-30(28)44-26-34(13-20-39(21-14-34)32(43)29-24-35-17-18-36-29)12-6-19-40(33-37-15-7-16-38-33)22-23-41(31)25-27-8-2-1-3-9-27/h1-5,7-11,15-18,24H,6,12-14,19-23,25-26H2. The molecule has 0 saturated carbocycles. The molecule has 0 atom stereocenters. The number of likely N-dealkylation sites (tertiary alicyclic amines) is 1. The van der Waals surface area contributed by atoms with Gasteiger partial charge in [0.2, 0.25) is 5.95 Å². The van der Waals surface area contributed by atoms with Gasteiger partial charge in [-0.15, -0.1) is 0 Å². The Bertz CT molecular complexity index is 1530. The van der Waals surface area contributed by atoms with Crippen LogP contribution < -0.4 is 9.64 Å². The highest BCUT2D eigenvalue weighted by molar-refractivity contribution is 5.97. The van der Waals surface area contributed by atoms with Crippen molar-refractivity contribution in [2.24, 2.45) is 5.41 Å². The van der Waals surface area contributed by atoms with Crippen molar-refractivity contribution >= 4 is 17.8 Å². The van der Waals surface area contributed by atoms with E-state index in [2.05, 4.69) is 24.8 Å². The first-order valence-electron chi connectivity index (χ1n) is 15.2. The van der Waals surface area contributed by atoms with E-state index in [9.17, 15) is 9.59 Å². The second-order valence-electron chi connectivity index (χ2n) is 11.5. The van der Waals surface area contributed by atoms with Crippen LogP contribution >= 0.6 is 0 Å². The summed E-state index contributed by atoms with van der Waals surface area (Å²) in [6.07, 6.45) is 11.5. The molecule has 226 valence electrons. The third-order valence-corrected chi connectivity index (χ3v) is 8.66. The Hall–Kier alpha value is -4.86. The van der Waals surface area contributed by atoms with Crippen molar-refractivity contribution in [3.05, 3.63) is 108 Å². The minimum atomic E-state index is -0.156. The second-order valence-corrected chi connectivity index (χ2v) is 11.5. The van der Waals surface area contributed by atoms with Crippen molar-refractivity contribution in [3.8, 4) is 5.75 Å². The van der Waals surface area contributed by atoms with Crippen LogP contribution in [0.4, 0.5) is 5.95 Å². The van der Waals surface area contributed by atoms with E-state index < -0.39 is 0 Å². The molecule has 1 saturated heterocycles. The molecule has 2 aliphatic rings. The van der Waals surface area contributed by atoms with Crippen molar-refractivity contribution in [1.82, 2.24) is 29.7 Å². The maximum Gasteiger partial charge on any atom is 0.274 e. The number of anilines is 1. The Balaban J connectivity index is 1.27. The lowest BCUT2D eigenvalue weighted by Gasteiger charge is -2.42. The summed E-state index contributed by atoms with van der Waals surface area (Å²) < 4.78 is 6.54. The summed E-state index contributed by atoms with van der Waals surface area (Å²) in [6, 6.07) is 19.4. The molecule has 4 heterocycles. The first-order chi connectivity index (χ1) is 21.6. The predicted octanol–water partition coefficient (Wildman–Crippen LogP) is 4.51. The number of ether oxygens (including phenoxy) is 1. The normalized spacial score (nSPS) is 17.5. The quantitative estimate of drug-likeness (QED) is 0.342. The fourth-order valence-corrected chi connectivity index (χ4v) is 6.10. The third-order valence-electron chi connectivity index (χ3n) is 8.66. The van der Waals surface area contributed by atoms with Crippen LogP contribution in [0.5, 0.6) is 5.75 Å². The summed E-state index contributed by atoms with van der Waals surface area (Å²) >= 11 is 0. The van der Waals surface area contributed by atoms with Gasteiger partial charge >= 0.3 is 0 Å². The number of rotatable bonds is 4. The minimum Gasteiger partial charge on any atom is -0.492 e. The summed E-state index contributed by atoms with van der Waals surface area (Å²) in [5.74, 6) is 1.08. The monoisotopic (exact) mass is 591 g/mol. The summed E-state index contributed by atoms with van der Waals surface area (Å²) in [5.41, 5.74) is 1.82. The lowest BCUT2D eigenvalue weighted by Crippen LogP contribution is -2.46. The Morgan fingerprint density at radius 3 is 2.34 bits per heavy atom.